The molecule has 0 unspecified atom stereocenters. The quantitative estimate of drug-likeness (QED) is 0.700. The molecule has 20 heavy (non-hydrogen) atoms. The number of hydrogen-bond donors (Lipinski definition) is 1. The Hall–Kier alpha value is -1.10. The van der Waals surface area contributed by atoms with Gasteiger partial charge in [0.25, 0.3) is 0 Å². The Bertz CT molecular complexity index is 378. The van der Waals surface area contributed by atoms with E-state index in [0.29, 0.717) is 0 Å². The second kappa shape index (κ2) is 8.95. The van der Waals surface area contributed by atoms with Crippen LogP contribution in [0.2, 0.25) is 0 Å². The van der Waals surface area contributed by atoms with E-state index < -0.39 is 0 Å². The summed E-state index contributed by atoms with van der Waals surface area (Å²) in [4.78, 5) is 2.47. The molecule has 0 aliphatic carbocycles. The van der Waals surface area contributed by atoms with Crippen LogP contribution in [0, 0.1) is 0 Å². The molecule has 0 aromatic heterocycles. The van der Waals surface area contributed by atoms with Crippen molar-refractivity contribution in [3.63, 3.8) is 0 Å². The lowest BCUT2D eigenvalue weighted by Crippen LogP contribution is -2.25. The van der Waals surface area contributed by atoms with Gasteiger partial charge in [0, 0.05) is 32.3 Å². The monoisotopic (exact) mass is 278 g/mol. The van der Waals surface area contributed by atoms with Gasteiger partial charge in [-0.3, -0.25) is 4.90 Å². The minimum atomic E-state index is 0.734. The molecule has 0 spiro atoms. The van der Waals surface area contributed by atoms with Crippen molar-refractivity contribution in [1.82, 2.24) is 10.2 Å². The third kappa shape index (κ3) is 5.12. The summed E-state index contributed by atoms with van der Waals surface area (Å²) in [6, 6.07) is 8.26. The third-order valence-electron chi connectivity index (χ3n) is 3.63. The highest BCUT2D eigenvalue weighted by atomic mass is 16.5. The van der Waals surface area contributed by atoms with Gasteiger partial charge in [0.1, 0.15) is 12.4 Å². The highest BCUT2D eigenvalue weighted by Crippen LogP contribution is 2.18. The molecule has 1 heterocycles. The summed E-state index contributed by atoms with van der Waals surface area (Å²) in [6.07, 6.45) is 2.67. The predicted molar refractivity (Wildman–Crippen MR) is 81.2 cm³/mol. The van der Waals surface area contributed by atoms with Crippen molar-refractivity contribution in [1.29, 1.82) is 0 Å². The van der Waals surface area contributed by atoms with Crippen LogP contribution < -0.4 is 10.1 Å². The van der Waals surface area contributed by atoms with Crippen molar-refractivity contribution in [2.75, 3.05) is 46.5 Å². The summed E-state index contributed by atoms with van der Waals surface area (Å²) in [6.45, 7) is 6.67. The molecule has 4 heteroatoms. The largest absolute Gasteiger partial charge is 0.492 e. The fourth-order valence-corrected chi connectivity index (χ4v) is 2.48. The molecule has 1 aromatic carbocycles. The molecule has 0 atom stereocenters. The number of likely N-dealkylation sites (tertiary alicyclic amines) is 1. The number of benzene rings is 1. The molecule has 0 amide bonds. The Kier molecular flexibility index (Phi) is 6.84. The van der Waals surface area contributed by atoms with Crippen LogP contribution in [0.15, 0.2) is 24.3 Å². The summed E-state index contributed by atoms with van der Waals surface area (Å²) in [7, 11) is 1.72. The predicted octanol–water partition coefficient (Wildman–Crippen LogP) is 1.90. The van der Waals surface area contributed by atoms with E-state index in [1.165, 1.54) is 31.5 Å². The van der Waals surface area contributed by atoms with Crippen LogP contribution in [-0.2, 0) is 11.3 Å². The summed E-state index contributed by atoms with van der Waals surface area (Å²) < 4.78 is 11.0. The van der Waals surface area contributed by atoms with Gasteiger partial charge in [-0.05, 0) is 32.0 Å². The Labute approximate surface area is 122 Å². The standard InChI is InChI=1S/C16H26N2O2/c1-19-12-8-17-14-15-6-2-3-7-16(15)20-13-11-18-9-4-5-10-18/h2-3,6-7,17H,4-5,8-14H2,1H3. The first-order valence-corrected chi connectivity index (χ1v) is 7.53. The number of methoxy groups -OCH3 is 1. The molecule has 1 aliphatic heterocycles. The Balaban J connectivity index is 1.74. The van der Waals surface area contributed by atoms with Gasteiger partial charge in [0.2, 0.25) is 0 Å². The maximum Gasteiger partial charge on any atom is 0.123 e. The van der Waals surface area contributed by atoms with Gasteiger partial charge in [0.15, 0.2) is 0 Å². The second-order valence-corrected chi connectivity index (χ2v) is 5.17. The molecule has 1 aromatic rings. The Morgan fingerprint density at radius 3 is 2.75 bits per heavy atom. The van der Waals surface area contributed by atoms with Crippen molar-refractivity contribution in [2.24, 2.45) is 0 Å². The van der Waals surface area contributed by atoms with Gasteiger partial charge in [-0.1, -0.05) is 18.2 Å². The minimum Gasteiger partial charge on any atom is -0.492 e. The maximum atomic E-state index is 5.94. The lowest BCUT2D eigenvalue weighted by molar-refractivity contribution is 0.198. The second-order valence-electron chi connectivity index (χ2n) is 5.17. The van der Waals surface area contributed by atoms with Crippen LogP contribution >= 0.6 is 0 Å². The lowest BCUT2D eigenvalue weighted by atomic mass is 10.2. The van der Waals surface area contributed by atoms with E-state index in [9.17, 15) is 0 Å². The Morgan fingerprint density at radius 2 is 1.95 bits per heavy atom. The normalized spacial score (nSPS) is 15.7. The molecular weight excluding hydrogens is 252 g/mol. The topological polar surface area (TPSA) is 33.7 Å². The average Bonchev–Trinajstić information content (AvgIpc) is 2.98. The first-order valence-electron chi connectivity index (χ1n) is 7.53. The lowest BCUT2D eigenvalue weighted by Gasteiger charge is -2.16. The number of para-hydroxylation sites is 1. The van der Waals surface area contributed by atoms with Crippen LogP contribution in [0.1, 0.15) is 18.4 Å². The van der Waals surface area contributed by atoms with Gasteiger partial charge >= 0.3 is 0 Å². The number of hydrogen-bond acceptors (Lipinski definition) is 4. The highest BCUT2D eigenvalue weighted by Gasteiger charge is 2.11. The van der Waals surface area contributed by atoms with E-state index in [0.717, 1.165) is 38.6 Å². The van der Waals surface area contributed by atoms with Crippen molar-refractivity contribution in [3.05, 3.63) is 29.8 Å². The summed E-state index contributed by atoms with van der Waals surface area (Å²) in [5.41, 5.74) is 1.21. The molecule has 0 bridgehead atoms. The van der Waals surface area contributed by atoms with E-state index >= 15 is 0 Å². The number of ether oxygens (including phenoxy) is 2. The van der Waals surface area contributed by atoms with E-state index in [-0.39, 0.29) is 0 Å². The Morgan fingerprint density at radius 1 is 1.15 bits per heavy atom. The minimum absolute atomic E-state index is 0.734. The van der Waals surface area contributed by atoms with Crippen molar-refractivity contribution < 1.29 is 9.47 Å². The van der Waals surface area contributed by atoms with Crippen LogP contribution in [0.3, 0.4) is 0 Å². The molecule has 1 fully saturated rings. The van der Waals surface area contributed by atoms with Crippen LogP contribution in [-0.4, -0.2) is 51.4 Å². The first-order chi connectivity index (χ1) is 9.90. The molecule has 0 saturated carbocycles. The third-order valence-corrected chi connectivity index (χ3v) is 3.63. The number of rotatable bonds is 9. The summed E-state index contributed by atoms with van der Waals surface area (Å²) in [5, 5.41) is 3.36. The highest BCUT2D eigenvalue weighted by molar-refractivity contribution is 5.33. The van der Waals surface area contributed by atoms with E-state index in [4.69, 9.17) is 9.47 Å². The first kappa shape index (κ1) is 15.3. The molecule has 4 nitrogen and oxygen atoms in total. The fraction of sp³-hybridized carbons (Fsp3) is 0.625. The molecular formula is C16H26N2O2. The van der Waals surface area contributed by atoms with E-state index in [1.54, 1.807) is 7.11 Å². The number of nitrogens with zero attached hydrogens (tertiary/aromatic N) is 1. The van der Waals surface area contributed by atoms with E-state index in [1.807, 2.05) is 6.07 Å². The van der Waals surface area contributed by atoms with Gasteiger partial charge in [-0.25, -0.2) is 0 Å². The van der Waals surface area contributed by atoms with Crippen molar-refractivity contribution in [3.8, 4) is 5.75 Å². The van der Waals surface area contributed by atoms with Crippen molar-refractivity contribution in [2.45, 2.75) is 19.4 Å². The number of nitrogens with one attached hydrogen (secondary N) is 1. The maximum absolute atomic E-state index is 5.94. The zero-order valence-corrected chi connectivity index (χ0v) is 12.4. The molecule has 2 rings (SSSR count). The molecule has 1 N–H and O–H groups in total. The van der Waals surface area contributed by atoms with Crippen LogP contribution in [0.4, 0.5) is 0 Å². The molecule has 0 radical (unpaired) electrons. The van der Waals surface area contributed by atoms with E-state index in [2.05, 4.69) is 28.4 Å². The molecule has 1 saturated heterocycles. The zero-order chi connectivity index (χ0) is 14.0. The van der Waals surface area contributed by atoms with Gasteiger partial charge in [-0.2, -0.15) is 0 Å². The fourth-order valence-electron chi connectivity index (χ4n) is 2.48. The van der Waals surface area contributed by atoms with Crippen LogP contribution in [0.5, 0.6) is 5.75 Å². The SMILES string of the molecule is COCCNCc1ccccc1OCCN1CCCC1. The zero-order valence-electron chi connectivity index (χ0n) is 12.4. The molecule has 112 valence electrons. The van der Waals surface area contributed by atoms with Gasteiger partial charge in [0.05, 0.1) is 6.61 Å². The van der Waals surface area contributed by atoms with Gasteiger partial charge in [-0.15, -0.1) is 0 Å². The van der Waals surface area contributed by atoms with Gasteiger partial charge < -0.3 is 14.8 Å². The molecule has 1 aliphatic rings. The summed E-state index contributed by atoms with van der Waals surface area (Å²) >= 11 is 0. The summed E-state index contributed by atoms with van der Waals surface area (Å²) in [5.74, 6) is 0.997. The van der Waals surface area contributed by atoms with Crippen LogP contribution in [0.25, 0.3) is 0 Å². The smallest absolute Gasteiger partial charge is 0.123 e. The van der Waals surface area contributed by atoms with Crippen molar-refractivity contribution >= 4 is 0 Å². The average molecular weight is 278 g/mol.